The second-order valence-electron chi connectivity index (χ2n) is 23.4. The van der Waals surface area contributed by atoms with Gasteiger partial charge in [-0.3, -0.25) is 0 Å². The Hall–Kier alpha value is -0.980. The summed E-state index contributed by atoms with van der Waals surface area (Å²) in [6, 6.07) is 0. The molecule has 0 amide bonds. The van der Waals surface area contributed by atoms with Crippen molar-refractivity contribution < 1.29 is 89.7 Å². The van der Waals surface area contributed by atoms with Gasteiger partial charge in [0.25, 0.3) is 0 Å². The standard InChI is InChI=1S/C47H78O18/c1-42(2)14-22-21-8-9-27-44(5)12-11-30(43(3,4)26(44)10-13-45(27,6)46(21,7)16-29(51)47(22,20-48)28(50)15-42)65-41-38(59)35(56)33(54)25(64-41)19-62-40-37(58)34(55)32(53)24(63-40)18-61-39-36(57)31(52)23(49)17-60-39/h8,22-41,48-59H,9-20H2,1-7H3/t22-,23+,24+,25+,26-,27+,28-,29-,30-,31-,32+,33+,34-,35-,36+,37+,38+,39-,40+,41-,44-,45+,46+,47+/m0/s1. The second-order valence-corrected chi connectivity index (χ2v) is 23.4. The maximum Gasteiger partial charge on any atom is 0.186 e. The van der Waals surface area contributed by atoms with Crippen molar-refractivity contribution in [3.05, 3.63) is 11.6 Å². The molecule has 3 saturated heterocycles. The van der Waals surface area contributed by atoms with Crippen molar-refractivity contribution in [1.29, 1.82) is 0 Å². The maximum absolute atomic E-state index is 12.1. The van der Waals surface area contributed by atoms with Crippen LogP contribution in [-0.2, 0) is 28.4 Å². The van der Waals surface area contributed by atoms with Crippen LogP contribution < -0.4 is 0 Å². The average Bonchev–Trinajstić information content (AvgIpc) is 3.23. The molecule has 12 N–H and O–H groups in total. The van der Waals surface area contributed by atoms with Crippen LogP contribution >= 0.6 is 0 Å². The molecule has 8 rings (SSSR count). The number of hydrogen-bond donors (Lipinski definition) is 12. The van der Waals surface area contributed by atoms with Crippen LogP contribution in [0.3, 0.4) is 0 Å². The lowest BCUT2D eigenvalue weighted by atomic mass is 9.33. The highest BCUT2D eigenvalue weighted by molar-refractivity contribution is 5.36. The molecule has 0 aromatic carbocycles. The molecular weight excluding hydrogens is 852 g/mol. The normalized spacial score (nSPS) is 55.2. The SMILES string of the molecule is CC1(C)C[C@H](O)[C@]2(CO)[C@@H](O)C[C@]3(C)C(=CC[C@@H]4[C@@]5(C)CC[C@H](O[C@@H]6O[C@H](CO[C@@H]7O[C@H](CO[C@@H]8OC[C@@H](O)[C@H](O)[C@H]8O)[C@@H](O)[C@H](O)[C@H]7O)[C@@H](O)[C@H](O)[C@H]6O)C(C)(C)[C@@H]5CC[C@]43C)[C@@H]2C1. The van der Waals surface area contributed by atoms with Crippen LogP contribution in [0.5, 0.6) is 0 Å². The van der Waals surface area contributed by atoms with E-state index in [4.69, 9.17) is 28.4 Å². The third kappa shape index (κ3) is 7.93. The number of rotatable bonds is 9. The lowest BCUT2D eigenvalue weighted by Crippen LogP contribution is -2.69. The Bertz CT molecular complexity index is 1730. The zero-order chi connectivity index (χ0) is 47.6. The summed E-state index contributed by atoms with van der Waals surface area (Å²) in [7, 11) is 0. The Kier molecular flexibility index (Phi) is 13.7. The highest BCUT2D eigenvalue weighted by atomic mass is 16.7. The molecular formula is C47H78O18. The number of allylic oxidation sites excluding steroid dienone is 2. The molecule has 4 saturated carbocycles. The first-order chi connectivity index (χ1) is 30.3. The zero-order valence-electron chi connectivity index (χ0n) is 38.9. The number of aliphatic hydroxyl groups is 12. The lowest BCUT2D eigenvalue weighted by molar-refractivity contribution is -0.348. The molecule has 3 aliphatic heterocycles. The number of hydrogen-bond acceptors (Lipinski definition) is 18. The Morgan fingerprint density at radius 1 is 0.615 bits per heavy atom. The smallest absolute Gasteiger partial charge is 0.186 e. The summed E-state index contributed by atoms with van der Waals surface area (Å²) in [5.41, 5.74) is -1.00. The van der Waals surface area contributed by atoms with Crippen molar-refractivity contribution in [2.24, 2.45) is 50.2 Å². The van der Waals surface area contributed by atoms with Gasteiger partial charge in [0.1, 0.15) is 67.1 Å². The van der Waals surface area contributed by atoms with E-state index in [2.05, 4.69) is 54.5 Å². The van der Waals surface area contributed by atoms with Gasteiger partial charge >= 0.3 is 0 Å². The van der Waals surface area contributed by atoms with E-state index in [1.54, 1.807) is 0 Å². The highest BCUT2D eigenvalue weighted by Gasteiger charge is 2.71. The number of aliphatic hydroxyl groups excluding tert-OH is 12. The van der Waals surface area contributed by atoms with Crippen LogP contribution in [0.15, 0.2) is 11.6 Å². The minimum atomic E-state index is -1.78. The quantitative estimate of drug-likeness (QED) is 0.0995. The fourth-order valence-electron chi connectivity index (χ4n) is 15.0. The minimum absolute atomic E-state index is 0.142. The van der Waals surface area contributed by atoms with Crippen LogP contribution in [0, 0.1) is 50.2 Å². The Labute approximate surface area is 381 Å². The molecule has 0 aromatic rings. The Morgan fingerprint density at radius 2 is 1.18 bits per heavy atom. The predicted octanol–water partition coefficient (Wildman–Crippen LogP) is -0.805. The summed E-state index contributed by atoms with van der Waals surface area (Å²) in [6.07, 6.45) is -15.6. The zero-order valence-corrected chi connectivity index (χ0v) is 38.9. The third-order valence-corrected chi connectivity index (χ3v) is 19.0. The van der Waals surface area contributed by atoms with E-state index in [-0.39, 0.29) is 52.6 Å². The van der Waals surface area contributed by atoms with Crippen molar-refractivity contribution in [2.75, 3.05) is 26.4 Å². The average molecular weight is 931 g/mol. The molecule has 0 radical (unpaired) electrons. The topological polar surface area (TPSA) is 298 Å². The van der Waals surface area contributed by atoms with Crippen molar-refractivity contribution in [1.82, 2.24) is 0 Å². The first kappa shape index (κ1) is 50.4. The predicted molar refractivity (Wildman–Crippen MR) is 227 cm³/mol. The van der Waals surface area contributed by atoms with E-state index in [1.807, 2.05) is 0 Å². The van der Waals surface area contributed by atoms with E-state index in [0.717, 1.165) is 32.1 Å². The molecule has 5 aliphatic carbocycles. The molecule has 18 nitrogen and oxygen atoms in total. The lowest BCUT2D eigenvalue weighted by Gasteiger charge is -2.72. The van der Waals surface area contributed by atoms with Crippen molar-refractivity contribution in [2.45, 2.75) is 204 Å². The molecule has 24 atom stereocenters. The summed E-state index contributed by atoms with van der Waals surface area (Å²) < 4.78 is 35.0. The first-order valence-electron chi connectivity index (χ1n) is 23.9. The van der Waals surface area contributed by atoms with E-state index in [1.165, 1.54) is 5.57 Å². The molecule has 374 valence electrons. The molecule has 0 spiro atoms. The van der Waals surface area contributed by atoms with Crippen LogP contribution in [0.4, 0.5) is 0 Å². The first-order valence-corrected chi connectivity index (χ1v) is 23.9. The van der Waals surface area contributed by atoms with E-state index < -0.39 is 128 Å². The van der Waals surface area contributed by atoms with Crippen molar-refractivity contribution in [3.8, 4) is 0 Å². The number of ether oxygens (including phenoxy) is 6. The minimum Gasteiger partial charge on any atom is -0.396 e. The molecule has 0 bridgehead atoms. The highest BCUT2D eigenvalue weighted by Crippen LogP contribution is 2.76. The van der Waals surface area contributed by atoms with Crippen LogP contribution in [0.1, 0.15) is 99.8 Å². The maximum atomic E-state index is 12.1. The van der Waals surface area contributed by atoms with Gasteiger partial charge in [-0.1, -0.05) is 60.1 Å². The van der Waals surface area contributed by atoms with Gasteiger partial charge in [0.2, 0.25) is 0 Å². The van der Waals surface area contributed by atoms with Gasteiger partial charge in [0.15, 0.2) is 18.9 Å². The summed E-state index contributed by atoms with van der Waals surface area (Å²) >= 11 is 0. The van der Waals surface area contributed by atoms with Crippen LogP contribution in [0.25, 0.3) is 0 Å². The largest absolute Gasteiger partial charge is 0.396 e. The molecule has 8 aliphatic rings. The molecule has 0 unspecified atom stereocenters. The molecule has 3 heterocycles. The van der Waals surface area contributed by atoms with Crippen molar-refractivity contribution >= 4 is 0 Å². The molecule has 0 aromatic heterocycles. The van der Waals surface area contributed by atoms with Crippen LogP contribution in [-0.4, -0.2) is 192 Å². The summed E-state index contributed by atoms with van der Waals surface area (Å²) in [6.45, 7) is 14.2. The summed E-state index contributed by atoms with van der Waals surface area (Å²) in [4.78, 5) is 0. The Balaban J connectivity index is 0.942. The van der Waals surface area contributed by atoms with Gasteiger partial charge in [0, 0.05) is 0 Å². The Morgan fingerprint density at radius 3 is 1.82 bits per heavy atom. The van der Waals surface area contributed by atoms with Gasteiger partial charge in [-0.05, 0) is 96.2 Å². The van der Waals surface area contributed by atoms with Gasteiger partial charge in [-0.25, -0.2) is 0 Å². The van der Waals surface area contributed by atoms with Gasteiger partial charge < -0.3 is 89.7 Å². The molecule has 7 fully saturated rings. The van der Waals surface area contributed by atoms with Crippen molar-refractivity contribution in [3.63, 3.8) is 0 Å². The van der Waals surface area contributed by atoms with Gasteiger partial charge in [-0.2, -0.15) is 0 Å². The van der Waals surface area contributed by atoms with Crippen LogP contribution in [0.2, 0.25) is 0 Å². The monoisotopic (exact) mass is 931 g/mol. The number of fused-ring (bicyclic) bond motifs is 7. The molecule has 65 heavy (non-hydrogen) atoms. The van der Waals surface area contributed by atoms with E-state index >= 15 is 0 Å². The van der Waals surface area contributed by atoms with E-state index in [0.29, 0.717) is 19.3 Å². The fraction of sp³-hybridized carbons (Fsp3) is 0.957. The second kappa shape index (κ2) is 17.7. The van der Waals surface area contributed by atoms with Gasteiger partial charge in [0.05, 0.1) is 50.2 Å². The van der Waals surface area contributed by atoms with E-state index in [9.17, 15) is 61.3 Å². The van der Waals surface area contributed by atoms with Gasteiger partial charge in [-0.15, -0.1) is 0 Å². The summed E-state index contributed by atoms with van der Waals surface area (Å²) in [5.74, 6) is 0.288. The summed E-state index contributed by atoms with van der Waals surface area (Å²) in [5, 5.41) is 130. The third-order valence-electron chi connectivity index (χ3n) is 19.0. The fourth-order valence-corrected chi connectivity index (χ4v) is 15.0. The molecule has 18 heteroatoms.